The van der Waals surface area contributed by atoms with Gasteiger partial charge in [0.1, 0.15) is 0 Å². The van der Waals surface area contributed by atoms with E-state index < -0.39 is 0 Å². The Labute approximate surface area is 75.2 Å². The molecule has 0 aromatic rings. The van der Waals surface area contributed by atoms with Gasteiger partial charge in [-0.2, -0.15) is 0 Å². The lowest BCUT2D eigenvalue weighted by molar-refractivity contribution is 0.0420. The molecule has 0 aromatic heterocycles. The van der Waals surface area contributed by atoms with Crippen LogP contribution in [0.25, 0.3) is 0 Å². The topological polar surface area (TPSA) is 12.5 Å². The maximum Gasteiger partial charge on any atom is 0.0594 e. The molecule has 0 spiro atoms. The van der Waals surface area contributed by atoms with Crippen LogP contribution in [0.1, 0.15) is 20.3 Å². The molecule has 2 nitrogen and oxygen atoms in total. The van der Waals surface area contributed by atoms with E-state index in [1.165, 1.54) is 12.0 Å². The molecule has 1 rings (SSSR count). The number of allylic oxidation sites excluding steroid dienone is 1. The highest BCUT2D eigenvalue weighted by molar-refractivity contribution is 5.02. The lowest BCUT2D eigenvalue weighted by atomic mass is 10.2. The Hall–Kier alpha value is -0.340. The molecule has 12 heavy (non-hydrogen) atoms. The van der Waals surface area contributed by atoms with Gasteiger partial charge in [0, 0.05) is 19.6 Å². The highest BCUT2D eigenvalue weighted by Crippen LogP contribution is 2.05. The molecule has 1 fully saturated rings. The summed E-state index contributed by atoms with van der Waals surface area (Å²) in [5.41, 5.74) is 1.54. The van der Waals surface area contributed by atoms with Crippen LogP contribution in [-0.2, 0) is 4.74 Å². The molecule has 1 aliphatic heterocycles. The van der Waals surface area contributed by atoms with Crippen molar-refractivity contribution in [2.45, 2.75) is 20.3 Å². The lowest BCUT2D eigenvalue weighted by Crippen LogP contribution is -2.37. The number of rotatable bonds is 3. The summed E-state index contributed by atoms with van der Waals surface area (Å²) in [5.74, 6) is 0. The van der Waals surface area contributed by atoms with Crippen molar-refractivity contribution in [2.24, 2.45) is 0 Å². The van der Waals surface area contributed by atoms with E-state index in [1.807, 2.05) is 0 Å². The minimum Gasteiger partial charge on any atom is -0.379 e. The molecule has 1 heterocycles. The molecular formula is C10H19NO. The Morgan fingerprint density at radius 2 is 2.08 bits per heavy atom. The molecule has 1 saturated heterocycles. The minimum atomic E-state index is 0.903. The summed E-state index contributed by atoms with van der Waals surface area (Å²) in [6.07, 6.45) is 3.41. The maximum atomic E-state index is 5.29. The molecule has 0 saturated carbocycles. The van der Waals surface area contributed by atoms with Gasteiger partial charge < -0.3 is 4.74 Å². The van der Waals surface area contributed by atoms with E-state index in [0.29, 0.717) is 0 Å². The zero-order valence-electron chi connectivity index (χ0n) is 8.18. The zero-order valence-corrected chi connectivity index (χ0v) is 8.18. The second-order valence-electron chi connectivity index (χ2n) is 3.19. The molecule has 0 aromatic carbocycles. The van der Waals surface area contributed by atoms with Gasteiger partial charge in [-0.25, -0.2) is 0 Å². The van der Waals surface area contributed by atoms with Crippen LogP contribution in [0.2, 0.25) is 0 Å². The summed E-state index contributed by atoms with van der Waals surface area (Å²) in [6.45, 7) is 9.47. The Kier molecular flexibility index (Phi) is 4.33. The van der Waals surface area contributed by atoms with Gasteiger partial charge in [0.25, 0.3) is 0 Å². The third kappa shape index (κ3) is 2.95. The van der Waals surface area contributed by atoms with Crippen LogP contribution in [0.4, 0.5) is 0 Å². The smallest absolute Gasteiger partial charge is 0.0594 e. The average Bonchev–Trinajstić information content (AvgIpc) is 2.16. The summed E-state index contributed by atoms with van der Waals surface area (Å²) in [5, 5.41) is 0. The van der Waals surface area contributed by atoms with Gasteiger partial charge in [-0.05, 0) is 13.3 Å². The van der Waals surface area contributed by atoms with Crippen molar-refractivity contribution >= 4 is 0 Å². The normalized spacial score (nSPS) is 21.3. The molecule has 0 amide bonds. The Bertz CT molecular complexity index is 148. The molecule has 0 aliphatic carbocycles. The van der Waals surface area contributed by atoms with E-state index in [4.69, 9.17) is 4.74 Å². The van der Waals surface area contributed by atoms with Crippen molar-refractivity contribution in [3.63, 3.8) is 0 Å². The summed E-state index contributed by atoms with van der Waals surface area (Å²) in [6, 6.07) is 0. The van der Waals surface area contributed by atoms with E-state index in [-0.39, 0.29) is 0 Å². The molecule has 0 bridgehead atoms. The summed E-state index contributed by atoms with van der Waals surface area (Å²) in [4.78, 5) is 2.46. The second kappa shape index (κ2) is 5.33. The van der Waals surface area contributed by atoms with Gasteiger partial charge in [0.05, 0.1) is 13.2 Å². The largest absolute Gasteiger partial charge is 0.379 e. The highest BCUT2D eigenvalue weighted by atomic mass is 16.5. The van der Waals surface area contributed by atoms with Crippen LogP contribution in [0.5, 0.6) is 0 Å². The predicted octanol–water partition coefficient (Wildman–Crippen LogP) is 1.67. The summed E-state index contributed by atoms with van der Waals surface area (Å²) < 4.78 is 5.29. The first-order valence-electron chi connectivity index (χ1n) is 4.81. The Balaban J connectivity index is 2.28. The zero-order chi connectivity index (χ0) is 8.81. The van der Waals surface area contributed by atoms with Crippen LogP contribution in [0.3, 0.4) is 0 Å². The van der Waals surface area contributed by atoms with E-state index in [9.17, 15) is 0 Å². The number of hydrogen-bond acceptors (Lipinski definition) is 2. The fourth-order valence-corrected chi connectivity index (χ4v) is 1.45. The van der Waals surface area contributed by atoms with Crippen LogP contribution in [-0.4, -0.2) is 37.7 Å². The average molecular weight is 169 g/mol. The first kappa shape index (κ1) is 9.75. The molecule has 2 heteroatoms. The quantitative estimate of drug-likeness (QED) is 0.596. The van der Waals surface area contributed by atoms with E-state index in [2.05, 4.69) is 24.8 Å². The Morgan fingerprint density at radius 1 is 1.42 bits per heavy atom. The maximum absolute atomic E-state index is 5.29. The lowest BCUT2D eigenvalue weighted by Gasteiger charge is -2.27. The first-order valence-corrected chi connectivity index (χ1v) is 4.81. The number of nitrogens with zero attached hydrogens (tertiary/aromatic N) is 1. The predicted molar refractivity (Wildman–Crippen MR) is 51.3 cm³/mol. The molecule has 0 unspecified atom stereocenters. The first-order chi connectivity index (χ1) is 5.86. The van der Waals surface area contributed by atoms with E-state index >= 15 is 0 Å². The molecule has 70 valence electrons. The van der Waals surface area contributed by atoms with E-state index in [1.54, 1.807) is 0 Å². The SMILES string of the molecule is CC=C(CC)CN1CCOCC1. The molecule has 0 atom stereocenters. The summed E-state index contributed by atoms with van der Waals surface area (Å²) in [7, 11) is 0. The number of hydrogen-bond donors (Lipinski definition) is 0. The third-order valence-corrected chi connectivity index (χ3v) is 2.39. The van der Waals surface area contributed by atoms with Crippen LogP contribution < -0.4 is 0 Å². The van der Waals surface area contributed by atoms with Crippen molar-refractivity contribution in [3.8, 4) is 0 Å². The Morgan fingerprint density at radius 3 is 2.58 bits per heavy atom. The molecular weight excluding hydrogens is 150 g/mol. The standard InChI is InChI=1S/C10H19NO/c1-3-10(4-2)9-11-5-7-12-8-6-11/h3H,4-9H2,1-2H3. The van der Waals surface area contributed by atoms with Crippen LogP contribution in [0.15, 0.2) is 11.6 Å². The number of ether oxygens (including phenoxy) is 1. The molecule has 0 radical (unpaired) electrons. The van der Waals surface area contributed by atoms with Crippen molar-refractivity contribution in [1.29, 1.82) is 0 Å². The fraction of sp³-hybridized carbons (Fsp3) is 0.800. The molecule has 0 N–H and O–H groups in total. The highest BCUT2D eigenvalue weighted by Gasteiger charge is 2.10. The van der Waals surface area contributed by atoms with Gasteiger partial charge in [0.2, 0.25) is 0 Å². The monoisotopic (exact) mass is 169 g/mol. The summed E-state index contributed by atoms with van der Waals surface area (Å²) >= 11 is 0. The molecule has 1 aliphatic rings. The van der Waals surface area contributed by atoms with Crippen molar-refractivity contribution < 1.29 is 4.74 Å². The fourth-order valence-electron chi connectivity index (χ4n) is 1.45. The van der Waals surface area contributed by atoms with Crippen molar-refractivity contribution in [3.05, 3.63) is 11.6 Å². The van der Waals surface area contributed by atoms with Crippen LogP contribution in [0, 0.1) is 0 Å². The van der Waals surface area contributed by atoms with Crippen LogP contribution >= 0.6 is 0 Å². The minimum absolute atomic E-state index is 0.903. The van der Waals surface area contributed by atoms with Gasteiger partial charge in [0.15, 0.2) is 0 Å². The number of morpholine rings is 1. The van der Waals surface area contributed by atoms with Crippen molar-refractivity contribution in [1.82, 2.24) is 4.90 Å². The van der Waals surface area contributed by atoms with Gasteiger partial charge in [-0.3, -0.25) is 4.90 Å². The van der Waals surface area contributed by atoms with E-state index in [0.717, 1.165) is 32.8 Å². The van der Waals surface area contributed by atoms with Gasteiger partial charge in [-0.1, -0.05) is 18.6 Å². The van der Waals surface area contributed by atoms with Gasteiger partial charge >= 0.3 is 0 Å². The third-order valence-electron chi connectivity index (χ3n) is 2.39. The second-order valence-corrected chi connectivity index (χ2v) is 3.19. The van der Waals surface area contributed by atoms with Crippen molar-refractivity contribution in [2.75, 3.05) is 32.8 Å². The van der Waals surface area contributed by atoms with Gasteiger partial charge in [-0.15, -0.1) is 0 Å².